The molecular formula is C15H22. The Hall–Kier alpha value is -0.780. The molecule has 1 aromatic carbocycles. The van der Waals surface area contributed by atoms with Gasteiger partial charge in [-0.15, -0.1) is 0 Å². The predicted octanol–water partition coefficient (Wildman–Crippen LogP) is 4.42. The monoisotopic (exact) mass is 202 g/mol. The molecule has 0 radical (unpaired) electrons. The Bertz CT molecular complexity index is 362. The molecule has 0 amide bonds. The van der Waals surface area contributed by atoms with Crippen LogP contribution in [0.2, 0.25) is 0 Å². The molecular weight excluding hydrogens is 180 g/mol. The van der Waals surface area contributed by atoms with Crippen molar-refractivity contribution in [3.8, 4) is 0 Å². The van der Waals surface area contributed by atoms with Gasteiger partial charge in [0.05, 0.1) is 0 Å². The molecule has 0 aliphatic heterocycles. The van der Waals surface area contributed by atoms with E-state index in [2.05, 4.69) is 45.9 Å². The molecule has 1 atom stereocenters. The average molecular weight is 202 g/mol. The largest absolute Gasteiger partial charge is 0.0645 e. The highest BCUT2D eigenvalue weighted by atomic mass is 14.4. The van der Waals surface area contributed by atoms with Crippen LogP contribution in [0.1, 0.15) is 63.1 Å². The molecule has 0 bridgehead atoms. The fourth-order valence-corrected chi connectivity index (χ4v) is 2.93. The van der Waals surface area contributed by atoms with Gasteiger partial charge in [0.25, 0.3) is 0 Å². The summed E-state index contributed by atoms with van der Waals surface area (Å²) in [5, 5.41) is 0. The van der Waals surface area contributed by atoms with Crippen LogP contribution in [0.5, 0.6) is 0 Å². The van der Waals surface area contributed by atoms with Gasteiger partial charge in [-0.05, 0) is 47.3 Å². The van der Waals surface area contributed by atoms with E-state index in [1.165, 1.54) is 19.3 Å². The topological polar surface area (TPSA) is 0 Å². The van der Waals surface area contributed by atoms with Crippen molar-refractivity contribution in [3.05, 3.63) is 34.9 Å². The van der Waals surface area contributed by atoms with Crippen LogP contribution >= 0.6 is 0 Å². The fourth-order valence-electron chi connectivity index (χ4n) is 2.93. The maximum atomic E-state index is 2.44. The van der Waals surface area contributed by atoms with E-state index in [0.717, 1.165) is 0 Å². The molecule has 0 saturated carbocycles. The Balaban J connectivity index is 2.58. The first-order valence-corrected chi connectivity index (χ1v) is 6.21. The smallest absolute Gasteiger partial charge is 0.00692 e. The third-order valence-corrected chi connectivity index (χ3v) is 4.13. The number of hydrogen-bond donors (Lipinski definition) is 0. The molecule has 1 aromatic rings. The summed E-state index contributed by atoms with van der Waals surface area (Å²) >= 11 is 0. The maximum Gasteiger partial charge on any atom is -0.00692 e. The molecule has 0 spiro atoms. The van der Waals surface area contributed by atoms with E-state index in [4.69, 9.17) is 0 Å². The zero-order valence-electron chi connectivity index (χ0n) is 10.4. The Morgan fingerprint density at radius 2 is 2.07 bits per heavy atom. The molecule has 0 aromatic heterocycles. The summed E-state index contributed by atoms with van der Waals surface area (Å²) in [5.74, 6) is 0.656. The molecule has 1 unspecified atom stereocenters. The van der Waals surface area contributed by atoms with Gasteiger partial charge in [0.15, 0.2) is 0 Å². The lowest BCUT2D eigenvalue weighted by molar-refractivity contribution is 0.448. The normalized spacial score (nSPS) is 24.6. The van der Waals surface area contributed by atoms with Crippen molar-refractivity contribution >= 4 is 0 Å². The molecule has 0 saturated heterocycles. The van der Waals surface area contributed by atoms with Crippen molar-refractivity contribution in [2.45, 2.75) is 58.3 Å². The highest BCUT2D eigenvalue weighted by Gasteiger charge is 2.34. The van der Waals surface area contributed by atoms with Gasteiger partial charge in [-0.3, -0.25) is 0 Å². The molecule has 82 valence electrons. The van der Waals surface area contributed by atoms with Crippen LogP contribution in [0.15, 0.2) is 18.2 Å². The van der Waals surface area contributed by atoms with Gasteiger partial charge in [0.1, 0.15) is 0 Å². The summed E-state index contributed by atoms with van der Waals surface area (Å²) in [7, 11) is 0. The number of benzene rings is 1. The zero-order chi connectivity index (χ0) is 11.1. The molecule has 0 fully saturated rings. The summed E-state index contributed by atoms with van der Waals surface area (Å²) in [4.78, 5) is 0. The molecule has 0 N–H and O–H groups in total. The molecule has 0 nitrogen and oxygen atoms in total. The highest BCUT2D eigenvalue weighted by Crippen LogP contribution is 2.44. The second kappa shape index (κ2) is 3.66. The molecule has 2 rings (SSSR count). The Labute approximate surface area is 93.7 Å². The Morgan fingerprint density at radius 1 is 1.33 bits per heavy atom. The van der Waals surface area contributed by atoms with Crippen molar-refractivity contribution in [3.63, 3.8) is 0 Å². The van der Waals surface area contributed by atoms with Gasteiger partial charge in [-0.25, -0.2) is 0 Å². The number of hydrogen-bond acceptors (Lipinski definition) is 0. The maximum absolute atomic E-state index is 2.44. The van der Waals surface area contributed by atoms with E-state index in [1.54, 1.807) is 16.7 Å². The predicted molar refractivity (Wildman–Crippen MR) is 66.5 cm³/mol. The van der Waals surface area contributed by atoms with Crippen molar-refractivity contribution in [2.24, 2.45) is 0 Å². The van der Waals surface area contributed by atoms with E-state index >= 15 is 0 Å². The highest BCUT2D eigenvalue weighted by molar-refractivity contribution is 5.46. The number of fused-ring (bicyclic) bond motifs is 1. The minimum atomic E-state index is 0.441. The van der Waals surface area contributed by atoms with Crippen LogP contribution in [0, 0.1) is 0 Å². The van der Waals surface area contributed by atoms with Crippen LogP contribution < -0.4 is 0 Å². The average Bonchev–Trinajstić information content (AvgIpc) is 2.57. The van der Waals surface area contributed by atoms with E-state index < -0.39 is 0 Å². The number of aryl methyl sites for hydroxylation is 1. The quantitative estimate of drug-likeness (QED) is 0.665. The minimum absolute atomic E-state index is 0.441. The summed E-state index contributed by atoms with van der Waals surface area (Å²) in [6, 6.07) is 6.88. The lowest BCUT2D eigenvalue weighted by Gasteiger charge is -2.27. The van der Waals surface area contributed by atoms with Crippen LogP contribution in [-0.4, -0.2) is 0 Å². The van der Waals surface area contributed by atoms with Crippen molar-refractivity contribution < 1.29 is 0 Å². The lowest BCUT2D eigenvalue weighted by atomic mass is 9.77. The SMILES string of the molecule is CCC1(C)CCc2cccc(C(C)C)c21. The van der Waals surface area contributed by atoms with Gasteiger partial charge in [-0.2, -0.15) is 0 Å². The molecule has 1 aliphatic rings. The van der Waals surface area contributed by atoms with Gasteiger partial charge in [0, 0.05) is 0 Å². The zero-order valence-corrected chi connectivity index (χ0v) is 10.4. The van der Waals surface area contributed by atoms with Crippen molar-refractivity contribution in [1.29, 1.82) is 0 Å². The fraction of sp³-hybridized carbons (Fsp3) is 0.600. The number of rotatable bonds is 2. The Kier molecular flexibility index (Phi) is 2.62. The second-order valence-corrected chi connectivity index (χ2v) is 5.45. The van der Waals surface area contributed by atoms with Gasteiger partial charge in [-0.1, -0.05) is 45.9 Å². The van der Waals surface area contributed by atoms with E-state index in [1.807, 2.05) is 0 Å². The van der Waals surface area contributed by atoms with Crippen molar-refractivity contribution in [2.75, 3.05) is 0 Å². The summed E-state index contributed by atoms with van der Waals surface area (Å²) in [6.45, 7) is 9.38. The third-order valence-electron chi connectivity index (χ3n) is 4.13. The van der Waals surface area contributed by atoms with E-state index in [9.17, 15) is 0 Å². The van der Waals surface area contributed by atoms with Crippen LogP contribution in [-0.2, 0) is 11.8 Å². The summed E-state index contributed by atoms with van der Waals surface area (Å²) in [6.07, 6.45) is 3.88. The summed E-state index contributed by atoms with van der Waals surface area (Å²) < 4.78 is 0. The first-order valence-electron chi connectivity index (χ1n) is 6.21. The van der Waals surface area contributed by atoms with E-state index in [0.29, 0.717) is 11.3 Å². The van der Waals surface area contributed by atoms with Crippen LogP contribution in [0.3, 0.4) is 0 Å². The molecule has 0 heteroatoms. The molecule has 0 heterocycles. The standard InChI is InChI=1S/C15H22/c1-5-15(4)10-9-12-7-6-8-13(11(2)3)14(12)15/h6-8,11H,5,9-10H2,1-4H3. The second-order valence-electron chi connectivity index (χ2n) is 5.45. The first kappa shape index (κ1) is 10.7. The van der Waals surface area contributed by atoms with E-state index in [-0.39, 0.29) is 0 Å². The van der Waals surface area contributed by atoms with Crippen LogP contribution in [0.25, 0.3) is 0 Å². The van der Waals surface area contributed by atoms with Gasteiger partial charge < -0.3 is 0 Å². The third kappa shape index (κ3) is 1.60. The van der Waals surface area contributed by atoms with Gasteiger partial charge in [0.2, 0.25) is 0 Å². The first-order chi connectivity index (χ1) is 7.08. The summed E-state index contributed by atoms with van der Waals surface area (Å²) in [5.41, 5.74) is 5.29. The molecule has 1 aliphatic carbocycles. The van der Waals surface area contributed by atoms with Gasteiger partial charge >= 0.3 is 0 Å². The Morgan fingerprint density at radius 3 is 2.67 bits per heavy atom. The molecule has 15 heavy (non-hydrogen) atoms. The minimum Gasteiger partial charge on any atom is -0.0645 e. The van der Waals surface area contributed by atoms with Crippen molar-refractivity contribution in [1.82, 2.24) is 0 Å². The van der Waals surface area contributed by atoms with Crippen LogP contribution in [0.4, 0.5) is 0 Å². The lowest BCUT2D eigenvalue weighted by Crippen LogP contribution is -2.19.